The molecule has 5 nitrogen and oxygen atoms in total. The van der Waals surface area contributed by atoms with E-state index in [-0.39, 0.29) is 6.54 Å². The molecule has 0 saturated carbocycles. The Bertz CT molecular complexity index is 563. The smallest absolute Gasteiger partial charge is 0.251 e. The molecule has 0 amide bonds. The predicted octanol–water partition coefficient (Wildman–Crippen LogP) is 2.43. The van der Waals surface area contributed by atoms with E-state index in [1.54, 1.807) is 18.2 Å². The largest absolute Gasteiger partial charge is 0.383 e. The lowest BCUT2D eigenvalue weighted by Gasteiger charge is -2.19. The van der Waals surface area contributed by atoms with Crippen LogP contribution in [-0.4, -0.2) is 53.1 Å². The normalized spacial score (nSPS) is 11.9. The fourth-order valence-corrected chi connectivity index (χ4v) is 2.19. The minimum atomic E-state index is -2.39. The van der Waals surface area contributed by atoms with Crippen LogP contribution in [0.3, 0.4) is 0 Å². The van der Waals surface area contributed by atoms with Gasteiger partial charge in [-0.3, -0.25) is 4.90 Å². The molecule has 0 aliphatic carbocycles. The van der Waals surface area contributed by atoms with Crippen LogP contribution in [0.25, 0.3) is 11.2 Å². The van der Waals surface area contributed by atoms with Crippen molar-refractivity contribution in [1.82, 2.24) is 19.9 Å². The van der Waals surface area contributed by atoms with Crippen LogP contribution in [0.5, 0.6) is 0 Å². The van der Waals surface area contributed by atoms with Gasteiger partial charge in [0.05, 0.1) is 25.2 Å². The second-order valence-corrected chi connectivity index (χ2v) is 5.24. The SMILES string of the molecule is COCCN(Cc1nc2ncc(Br)cc2[nH]1)CC(F)F. The van der Waals surface area contributed by atoms with E-state index in [1.165, 1.54) is 0 Å². The van der Waals surface area contributed by atoms with E-state index in [2.05, 4.69) is 30.9 Å². The number of aromatic nitrogens is 3. The number of rotatable bonds is 7. The Hall–Kier alpha value is -1.12. The number of aromatic amines is 1. The van der Waals surface area contributed by atoms with Crippen LogP contribution in [-0.2, 0) is 11.3 Å². The predicted molar refractivity (Wildman–Crippen MR) is 74.7 cm³/mol. The number of ether oxygens (including phenoxy) is 1. The van der Waals surface area contributed by atoms with Gasteiger partial charge < -0.3 is 9.72 Å². The maximum absolute atomic E-state index is 12.5. The molecule has 2 aromatic heterocycles. The average molecular weight is 349 g/mol. The number of hydrogen-bond acceptors (Lipinski definition) is 4. The highest BCUT2D eigenvalue weighted by Gasteiger charge is 2.14. The third-order valence-electron chi connectivity index (χ3n) is 2.73. The van der Waals surface area contributed by atoms with Crippen molar-refractivity contribution in [3.8, 4) is 0 Å². The van der Waals surface area contributed by atoms with E-state index in [9.17, 15) is 8.78 Å². The van der Waals surface area contributed by atoms with Gasteiger partial charge in [-0.15, -0.1) is 0 Å². The molecule has 2 heterocycles. The van der Waals surface area contributed by atoms with Crippen molar-refractivity contribution < 1.29 is 13.5 Å². The van der Waals surface area contributed by atoms with Crippen molar-refractivity contribution in [2.24, 2.45) is 0 Å². The highest BCUT2D eigenvalue weighted by molar-refractivity contribution is 9.10. The summed E-state index contributed by atoms with van der Waals surface area (Å²) in [4.78, 5) is 13.1. The van der Waals surface area contributed by atoms with Gasteiger partial charge in [0, 0.05) is 24.3 Å². The van der Waals surface area contributed by atoms with Gasteiger partial charge in [0.1, 0.15) is 5.82 Å². The third kappa shape index (κ3) is 4.19. The second kappa shape index (κ2) is 7.05. The van der Waals surface area contributed by atoms with Crippen molar-refractivity contribution in [3.63, 3.8) is 0 Å². The first-order chi connectivity index (χ1) is 9.58. The summed E-state index contributed by atoms with van der Waals surface area (Å²) in [6.07, 6.45) is -0.738. The van der Waals surface area contributed by atoms with Gasteiger partial charge in [0.2, 0.25) is 0 Å². The lowest BCUT2D eigenvalue weighted by Crippen LogP contribution is -2.32. The number of nitrogens with one attached hydrogen (secondary N) is 1. The minimum absolute atomic E-state index is 0.307. The number of H-pyrrole nitrogens is 1. The Balaban J connectivity index is 2.10. The topological polar surface area (TPSA) is 54.0 Å². The zero-order chi connectivity index (χ0) is 14.5. The van der Waals surface area contributed by atoms with Gasteiger partial charge in [-0.1, -0.05) is 0 Å². The Labute approximate surface area is 123 Å². The lowest BCUT2D eigenvalue weighted by atomic mass is 10.4. The number of nitrogens with zero attached hydrogens (tertiary/aromatic N) is 3. The molecule has 20 heavy (non-hydrogen) atoms. The summed E-state index contributed by atoms with van der Waals surface area (Å²) in [5, 5.41) is 0. The maximum atomic E-state index is 12.5. The molecule has 0 aliphatic heterocycles. The summed E-state index contributed by atoms with van der Waals surface area (Å²) in [6, 6.07) is 1.85. The molecule has 0 saturated heterocycles. The van der Waals surface area contributed by atoms with Gasteiger partial charge in [-0.25, -0.2) is 18.7 Å². The molecule has 0 fully saturated rings. The van der Waals surface area contributed by atoms with E-state index in [1.807, 2.05) is 6.07 Å². The highest BCUT2D eigenvalue weighted by atomic mass is 79.9. The van der Waals surface area contributed by atoms with Crippen LogP contribution >= 0.6 is 15.9 Å². The van der Waals surface area contributed by atoms with Gasteiger partial charge in [0.25, 0.3) is 6.43 Å². The molecular formula is C12H15BrF2N4O. The molecule has 0 spiro atoms. The van der Waals surface area contributed by atoms with Crippen molar-refractivity contribution in [2.75, 3.05) is 26.8 Å². The minimum Gasteiger partial charge on any atom is -0.383 e. The first kappa shape index (κ1) is 15.3. The molecule has 1 N–H and O–H groups in total. The number of imidazole rings is 1. The van der Waals surface area contributed by atoms with E-state index < -0.39 is 6.43 Å². The number of methoxy groups -OCH3 is 1. The fraction of sp³-hybridized carbons (Fsp3) is 0.500. The second-order valence-electron chi connectivity index (χ2n) is 4.33. The van der Waals surface area contributed by atoms with Gasteiger partial charge in [-0.2, -0.15) is 0 Å². The molecule has 0 unspecified atom stereocenters. The molecule has 0 aliphatic rings. The third-order valence-corrected chi connectivity index (χ3v) is 3.17. The van der Waals surface area contributed by atoms with Crippen LogP contribution < -0.4 is 0 Å². The molecule has 0 aromatic carbocycles. The van der Waals surface area contributed by atoms with Gasteiger partial charge >= 0.3 is 0 Å². The number of hydrogen-bond donors (Lipinski definition) is 1. The Morgan fingerprint density at radius 1 is 1.50 bits per heavy atom. The summed E-state index contributed by atoms with van der Waals surface area (Å²) < 4.78 is 30.8. The molecule has 110 valence electrons. The van der Waals surface area contributed by atoms with E-state index in [4.69, 9.17) is 4.74 Å². The first-order valence-electron chi connectivity index (χ1n) is 6.08. The van der Waals surface area contributed by atoms with E-state index in [0.717, 1.165) is 9.99 Å². The number of halogens is 3. The van der Waals surface area contributed by atoms with Crippen molar-refractivity contribution in [1.29, 1.82) is 0 Å². The van der Waals surface area contributed by atoms with Crippen LogP contribution in [0.2, 0.25) is 0 Å². The van der Waals surface area contributed by atoms with Gasteiger partial charge in [-0.05, 0) is 22.0 Å². The monoisotopic (exact) mass is 348 g/mol. The quantitative estimate of drug-likeness (QED) is 0.834. The molecule has 8 heteroatoms. The number of pyridine rings is 1. The average Bonchev–Trinajstić information content (AvgIpc) is 2.76. The summed E-state index contributed by atoms with van der Waals surface area (Å²) in [5.74, 6) is 0.613. The molecule has 0 radical (unpaired) electrons. The number of alkyl halides is 2. The van der Waals surface area contributed by atoms with Crippen LogP contribution in [0.4, 0.5) is 8.78 Å². The summed E-state index contributed by atoms with van der Waals surface area (Å²) in [5.41, 5.74) is 1.35. The summed E-state index contributed by atoms with van der Waals surface area (Å²) in [6.45, 7) is 0.824. The lowest BCUT2D eigenvalue weighted by molar-refractivity contribution is 0.0660. The summed E-state index contributed by atoms with van der Waals surface area (Å²) >= 11 is 3.32. The van der Waals surface area contributed by atoms with Crippen molar-refractivity contribution in [2.45, 2.75) is 13.0 Å². The van der Waals surface area contributed by atoms with E-state index in [0.29, 0.717) is 31.2 Å². The molecule has 0 bridgehead atoms. The zero-order valence-corrected chi connectivity index (χ0v) is 12.5. The first-order valence-corrected chi connectivity index (χ1v) is 6.87. The molecular weight excluding hydrogens is 334 g/mol. The van der Waals surface area contributed by atoms with Crippen LogP contribution in [0.1, 0.15) is 5.82 Å². The van der Waals surface area contributed by atoms with E-state index >= 15 is 0 Å². The molecule has 2 aromatic rings. The Kier molecular flexibility index (Phi) is 5.38. The molecule has 0 atom stereocenters. The standard InChI is InChI=1S/C12H15BrF2N4O/c1-20-3-2-19(6-10(14)15)7-11-17-9-4-8(13)5-16-12(9)18-11/h4-5,10H,2-3,6-7H2,1H3,(H,16,17,18). The molecule has 2 rings (SSSR count). The summed E-state index contributed by atoms with van der Waals surface area (Å²) in [7, 11) is 1.54. The zero-order valence-electron chi connectivity index (χ0n) is 10.9. The van der Waals surface area contributed by atoms with Crippen LogP contribution in [0, 0.1) is 0 Å². The number of fused-ring (bicyclic) bond motifs is 1. The maximum Gasteiger partial charge on any atom is 0.251 e. The van der Waals surface area contributed by atoms with Gasteiger partial charge in [0.15, 0.2) is 5.65 Å². The fourth-order valence-electron chi connectivity index (χ4n) is 1.86. The highest BCUT2D eigenvalue weighted by Crippen LogP contribution is 2.16. The Morgan fingerprint density at radius 2 is 2.30 bits per heavy atom. The van der Waals surface area contributed by atoms with Crippen LogP contribution in [0.15, 0.2) is 16.7 Å². The Morgan fingerprint density at radius 3 is 3.00 bits per heavy atom. The van der Waals surface area contributed by atoms with Crippen molar-refractivity contribution >= 4 is 27.1 Å². The van der Waals surface area contributed by atoms with Crippen molar-refractivity contribution in [3.05, 3.63) is 22.6 Å².